The quantitative estimate of drug-likeness (QED) is 0.693. The average Bonchev–Trinajstić information content (AvgIpc) is 2.26. The molecule has 86 valence electrons. The molecule has 0 aliphatic heterocycles. The van der Waals surface area contributed by atoms with Gasteiger partial charge in [0.15, 0.2) is 0 Å². The van der Waals surface area contributed by atoms with E-state index >= 15 is 0 Å². The Hall–Kier alpha value is -1.88. The van der Waals surface area contributed by atoms with Crippen molar-refractivity contribution in [3.63, 3.8) is 0 Å². The fourth-order valence-electron chi connectivity index (χ4n) is 1.09. The lowest BCUT2D eigenvalue weighted by Crippen LogP contribution is -2.29. The number of pyridine rings is 1. The lowest BCUT2D eigenvalue weighted by atomic mass is 10.2. The number of nitrogens with one attached hydrogen (secondary N) is 1. The Labute approximate surface area is 93.3 Å². The maximum Gasteiger partial charge on any atom is 0.320 e. The molecule has 0 fully saturated rings. The Morgan fingerprint density at radius 2 is 2.50 bits per heavy atom. The van der Waals surface area contributed by atoms with Crippen LogP contribution in [0.15, 0.2) is 35.6 Å². The number of hydrogen-bond acceptors (Lipinski definition) is 3. The van der Waals surface area contributed by atoms with E-state index in [1.165, 1.54) is 0 Å². The van der Waals surface area contributed by atoms with Gasteiger partial charge in [0.05, 0.1) is 0 Å². The van der Waals surface area contributed by atoms with E-state index in [-0.39, 0.29) is 6.42 Å². The summed E-state index contributed by atoms with van der Waals surface area (Å²) in [6.07, 6.45) is 5.24. The molecule has 0 saturated carbocycles. The fraction of sp³-hybridized carbons (Fsp3) is 0.273. The summed E-state index contributed by atoms with van der Waals surface area (Å²) in [7, 11) is 0. The maximum atomic E-state index is 10.4. The summed E-state index contributed by atoms with van der Waals surface area (Å²) in [5, 5.41) is 8.55. The fourth-order valence-corrected chi connectivity index (χ4v) is 1.09. The predicted molar refractivity (Wildman–Crippen MR) is 60.5 cm³/mol. The molecule has 4 N–H and O–H groups in total. The lowest BCUT2D eigenvalue weighted by molar-refractivity contribution is -0.138. The summed E-state index contributed by atoms with van der Waals surface area (Å²) >= 11 is 0. The molecular weight excluding hydrogens is 206 g/mol. The normalized spacial score (nSPS) is 14.2. The van der Waals surface area contributed by atoms with Crippen LogP contribution in [-0.4, -0.2) is 22.1 Å². The molecule has 0 saturated heterocycles. The van der Waals surface area contributed by atoms with Gasteiger partial charge in [-0.05, 0) is 25.0 Å². The van der Waals surface area contributed by atoms with Gasteiger partial charge in [-0.3, -0.25) is 4.79 Å². The van der Waals surface area contributed by atoms with Crippen LogP contribution >= 0.6 is 0 Å². The van der Waals surface area contributed by atoms with Crippen LogP contribution in [0.25, 0.3) is 0 Å². The van der Waals surface area contributed by atoms with Crippen molar-refractivity contribution in [3.05, 3.63) is 41.7 Å². The number of carbonyl (C=O) groups is 1. The minimum Gasteiger partial charge on any atom is -0.480 e. The number of carboxylic acid groups (broad SMARTS) is 1. The minimum absolute atomic E-state index is 0.269. The van der Waals surface area contributed by atoms with Gasteiger partial charge < -0.3 is 15.8 Å². The molecule has 1 aromatic rings. The third-order valence-electron chi connectivity index (χ3n) is 2.05. The van der Waals surface area contributed by atoms with Gasteiger partial charge in [-0.15, -0.1) is 0 Å². The summed E-state index contributed by atoms with van der Waals surface area (Å²) < 4.78 is 0. The monoisotopic (exact) mass is 221 g/mol. The van der Waals surface area contributed by atoms with E-state index in [1.54, 1.807) is 18.5 Å². The molecule has 1 rings (SSSR count). The molecule has 0 amide bonds. The molecule has 1 atom stereocenters. The van der Waals surface area contributed by atoms with E-state index < -0.39 is 12.0 Å². The van der Waals surface area contributed by atoms with Crippen LogP contribution < -0.4 is 11.2 Å². The second-order valence-corrected chi connectivity index (χ2v) is 3.40. The highest BCUT2D eigenvalue weighted by atomic mass is 16.4. The van der Waals surface area contributed by atoms with Gasteiger partial charge in [0.1, 0.15) is 11.5 Å². The molecule has 1 unspecified atom stereocenters. The topological polar surface area (TPSA) is 91.5 Å². The van der Waals surface area contributed by atoms with Gasteiger partial charge >= 0.3 is 5.97 Å². The number of aromatic nitrogens is 1. The molecule has 16 heavy (non-hydrogen) atoms. The second-order valence-electron chi connectivity index (χ2n) is 3.40. The van der Waals surface area contributed by atoms with E-state index in [9.17, 15) is 4.79 Å². The van der Waals surface area contributed by atoms with Gasteiger partial charge in [0.2, 0.25) is 0 Å². The van der Waals surface area contributed by atoms with Crippen molar-refractivity contribution in [2.75, 3.05) is 0 Å². The van der Waals surface area contributed by atoms with Gasteiger partial charge in [0.25, 0.3) is 0 Å². The third-order valence-corrected chi connectivity index (χ3v) is 2.05. The van der Waals surface area contributed by atoms with Gasteiger partial charge in [0, 0.05) is 12.4 Å². The highest BCUT2D eigenvalue weighted by molar-refractivity contribution is 5.73. The van der Waals surface area contributed by atoms with Crippen molar-refractivity contribution < 1.29 is 9.90 Å². The van der Waals surface area contributed by atoms with Crippen molar-refractivity contribution in [2.24, 2.45) is 10.7 Å². The number of nitrogens with zero attached hydrogens (tertiary/aromatic N) is 1. The van der Waals surface area contributed by atoms with Crippen LogP contribution in [-0.2, 0) is 4.79 Å². The number of aryl methyl sites for hydroxylation is 1. The first-order valence-corrected chi connectivity index (χ1v) is 4.93. The molecular formula is C11H15N3O2. The van der Waals surface area contributed by atoms with Crippen molar-refractivity contribution >= 4 is 5.97 Å². The number of aromatic amines is 1. The molecule has 0 bridgehead atoms. The maximum absolute atomic E-state index is 10.4. The van der Waals surface area contributed by atoms with Gasteiger partial charge in [-0.2, -0.15) is 0 Å². The summed E-state index contributed by atoms with van der Waals surface area (Å²) in [5.41, 5.74) is 7.10. The zero-order chi connectivity index (χ0) is 12.0. The van der Waals surface area contributed by atoms with Gasteiger partial charge in [-0.1, -0.05) is 12.1 Å². The molecule has 5 nitrogen and oxygen atoms in total. The highest BCUT2D eigenvalue weighted by Crippen LogP contribution is 1.90. The minimum atomic E-state index is -1.01. The molecule has 1 aromatic heterocycles. The Kier molecular flexibility index (Phi) is 4.47. The second kappa shape index (κ2) is 5.87. The van der Waals surface area contributed by atoms with Crippen LogP contribution in [0.3, 0.4) is 0 Å². The summed E-state index contributed by atoms with van der Waals surface area (Å²) in [4.78, 5) is 17.6. The van der Waals surface area contributed by atoms with E-state index in [2.05, 4.69) is 9.98 Å². The van der Waals surface area contributed by atoms with Gasteiger partial charge in [-0.25, -0.2) is 4.99 Å². The molecule has 1 heterocycles. The molecule has 0 spiro atoms. The molecule has 0 radical (unpaired) electrons. The molecule has 0 aliphatic rings. The van der Waals surface area contributed by atoms with E-state index in [1.807, 2.05) is 19.1 Å². The lowest BCUT2D eigenvalue weighted by Gasteiger charge is -1.99. The first kappa shape index (κ1) is 12.2. The standard InChI is InChI=1S/C11H15N3O2/c1-8-4-2-6-13-10(8)14-7-3-5-9(12)11(15)16/h2-4,6-7,9H,5,12H2,1H3,(H,13,14)(H,15,16)/b7-3+. The zero-order valence-corrected chi connectivity index (χ0v) is 9.05. The van der Waals surface area contributed by atoms with Crippen molar-refractivity contribution in [3.8, 4) is 0 Å². The number of aliphatic carboxylic acids is 1. The average molecular weight is 221 g/mol. The number of rotatable bonds is 4. The summed E-state index contributed by atoms with van der Waals surface area (Å²) in [5.74, 6) is -1.01. The molecule has 0 aromatic carbocycles. The Balaban J connectivity index is 2.64. The summed E-state index contributed by atoms with van der Waals surface area (Å²) in [6, 6.07) is 2.96. The largest absolute Gasteiger partial charge is 0.480 e. The number of nitrogens with two attached hydrogens (primary N) is 1. The van der Waals surface area contributed by atoms with Crippen LogP contribution in [0.2, 0.25) is 0 Å². The summed E-state index contributed by atoms with van der Waals surface area (Å²) in [6.45, 7) is 1.94. The Morgan fingerprint density at radius 1 is 1.75 bits per heavy atom. The van der Waals surface area contributed by atoms with Crippen molar-refractivity contribution in [2.45, 2.75) is 19.4 Å². The van der Waals surface area contributed by atoms with Crippen LogP contribution in [0, 0.1) is 6.92 Å². The zero-order valence-electron chi connectivity index (χ0n) is 9.05. The van der Waals surface area contributed by atoms with Crippen LogP contribution in [0.4, 0.5) is 0 Å². The Morgan fingerprint density at radius 3 is 3.12 bits per heavy atom. The molecule has 0 aliphatic carbocycles. The van der Waals surface area contributed by atoms with E-state index in [0.717, 1.165) is 11.1 Å². The number of carboxylic acids is 1. The van der Waals surface area contributed by atoms with E-state index in [0.29, 0.717) is 0 Å². The first-order valence-electron chi connectivity index (χ1n) is 4.93. The van der Waals surface area contributed by atoms with E-state index in [4.69, 9.17) is 10.8 Å². The van der Waals surface area contributed by atoms with Crippen molar-refractivity contribution in [1.82, 2.24) is 4.98 Å². The number of H-pyrrole nitrogens is 1. The molecule has 5 heteroatoms. The van der Waals surface area contributed by atoms with Crippen LogP contribution in [0.5, 0.6) is 0 Å². The smallest absolute Gasteiger partial charge is 0.320 e. The highest BCUT2D eigenvalue weighted by Gasteiger charge is 2.07. The van der Waals surface area contributed by atoms with Crippen molar-refractivity contribution in [1.29, 1.82) is 0 Å². The van der Waals surface area contributed by atoms with Crippen LogP contribution in [0.1, 0.15) is 12.0 Å². The Bertz CT molecular complexity index is 449. The number of hydrogen-bond donors (Lipinski definition) is 3. The SMILES string of the molecule is Cc1ccc[nH]/c1=N/C=C/CC(N)C(=O)O. The first-order chi connectivity index (χ1) is 7.61. The third kappa shape index (κ3) is 3.70. The predicted octanol–water partition coefficient (Wildman–Crippen LogP) is 0.540.